The summed E-state index contributed by atoms with van der Waals surface area (Å²) in [5.41, 5.74) is 0.824. The zero-order valence-electron chi connectivity index (χ0n) is 15.4. The number of nitrogens with zero attached hydrogens (tertiary/aromatic N) is 2. The number of anilines is 2. The molecule has 1 unspecified atom stereocenters. The first-order valence-corrected chi connectivity index (χ1v) is 9.02. The van der Waals surface area contributed by atoms with E-state index in [1.807, 2.05) is 0 Å². The van der Waals surface area contributed by atoms with E-state index in [-0.39, 0.29) is 47.0 Å². The average Bonchev–Trinajstić information content (AvgIpc) is 3.04. The van der Waals surface area contributed by atoms with E-state index >= 15 is 0 Å². The molecule has 3 rings (SSSR count). The molecule has 1 fully saturated rings. The Morgan fingerprint density at radius 1 is 1.21 bits per heavy atom. The lowest BCUT2D eigenvalue weighted by atomic mass is 10.1. The number of rotatable bonds is 4. The molecule has 0 radical (unpaired) electrons. The molecule has 1 aliphatic rings. The van der Waals surface area contributed by atoms with Gasteiger partial charge in [-0.2, -0.15) is 0 Å². The summed E-state index contributed by atoms with van der Waals surface area (Å²) in [4.78, 5) is 39.7. The normalized spacial score (nSPS) is 16.2. The van der Waals surface area contributed by atoms with Crippen LogP contribution >= 0.6 is 11.6 Å². The van der Waals surface area contributed by atoms with Gasteiger partial charge in [-0.3, -0.25) is 14.4 Å². The fourth-order valence-electron chi connectivity index (χ4n) is 3.04. The van der Waals surface area contributed by atoms with Gasteiger partial charge in [0.2, 0.25) is 11.8 Å². The molecule has 0 bridgehead atoms. The number of halogens is 2. The molecule has 8 heteroatoms. The Morgan fingerprint density at radius 2 is 1.93 bits per heavy atom. The number of carbonyl (C=O) groups is 3. The van der Waals surface area contributed by atoms with Gasteiger partial charge in [0.25, 0.3) is 5.91 Å². The summed E-state index contributed by atoms with van der Waals surface area (Å²) in [6.45, 7) is 0.0860. The van der Waals surface area contributed by atoms with Crippen molar-refractivity contribution in [1.82, 2.24) is 4.90 Å². The minimum absolute atomic E-state index is 0.0166. The number of amides is 3. The van der Waals surface area contributed by atoms with Gasteiger partial charge in [-0.15, -0.1) is 0 Å². The van der Waals surface area contributed by atoms with E-state index in [2.05, 4.69) is 5.32 Å². The van der Waals surface area contributed by atoms with Crippen LogP contribution in [0.5, 0.6) is 0 Å². The molecular weight excluding hydrogens is 385 g/mol. The monoisotopic (exact) mass is 403 g/mol. The predicted octanol–water partition coefficient (Wildman–Crippen LogP) is 3.17. The molecule has 0 spiro atoms. The van der Waals surface area contributed by atoms with Crippen LogP contribution < -0.4 is 10.2 Å². The molecule has 1 aliphatic heterocycles. The summed E-state index contributed by atoms with van der Waals surface area (Å²) < 4.78 is 14.0. The fraction of sp³-hybridized carbons (Fsp3) is 0.250. The summed E-state index contributed by atoms with van der Waals surface area (Å²) in [6, 6.07) is 10.6. The third-order valence-electron chi connectivity index (χ3n) is 4.51. The highest BCUT2D eigenvalue weighted by Gasteiger charge is 2.36. The maximum atomic E-state index is 14.0. The lowest BCUT2D eigenvalue weighted by Gasteiger charge is -2.17. The molecule has 28 heavy (non-hydrogen) atoms. The first-order chi connectivity index (χ1) is 13.3. The molecule has 0 aliphatic carbocycles. The van der Waals surface area contributed by atoms with Gasteiger partial charge in [-0.05, 0) is 30.3 Å². The molecule has 1 saturated heterocycles. The molecule has 1 heterocycles. The van der Waals surface area contributed by atoms with Crippen LogP contribution in [-0.2, 0) is 9.59 Å². The molecule has 1 N–H and O–H groups in total. The Morgan fingerprint density at radius 3 is 2.61 bits per heavy atom. The van der Waals surface area contributed by atoms with E-state index in [1.165, 1.54) is 40.1 Å². The van der Waals surface area contributed by atoms with Crippen LogP contribution in [0.3, 0.4) is 0 Å². The number of para-hydroxylation sites is 1. The third kappa shape index (κ3) is 3.99. The van der Waals surface area contributed by atoms with Gasteiger partial charge in [0.1, 0.15) is 5.82 Å². The third-order valence-corrected chi connectivity index (χ3v) is 4.84. The van der Waals surface area contributed by atoms with Crippen molar-refractivity contribution in [2.45, 2.75) is 6.42 Å². The van der Waals surface area contributed by atoms with Gasteiger partial charge in [-0.25, -0.2) is 4.39 Å². The summed E-state index contributed by atoms with van der Waals surface area (Å²) in [7, 11) is 3.21. The standard InChI is InChI=1S/C20H19ClFN3O3/c1-24(2)20(28)14-10-13(7-8-15(14)21)23-19(27)12-9-18(26)25(11-12)17-6-4-3-5-16(17)22/h3-8,10,12H,9,11H2,1-2H3,(H,23,27). The molecule has 0 saturated carbocycles. The van der Waals surface area contributed by atoms with E-state index in [1.54, 1.807) is 26.2 Å². The van der Waals surface area contributed by atoms with Crippen LogP contribution in [0.2, 0.25) is 5.02 Å². The number of hydrogen-bond donors (Lipinski definition) is 1. The van der Waals surface area contributed by atoms with E-state index in [4.69, 9.17) is 11.6 Å². The van der Waals surface area contributed by atoms with E-state index < -0.39 is 11.7 Å². The van der Waals surface area contributed by atoms with Crippen molar-refractivity contribution < 1.29 is 18.8 Å². The minimum atomic E-state index is -0.629. The van der Waals surface area contributed by atoms with Gasteiger partial charge >= 0.3 is 0 Å². The summed E-state index contributed by atoms with van der Waals surface area (Å²) in [6.07, 6.45) is -0.0166. The largest absolute Gasteiger partial charge is 0.345 e. The van der Waals surface area contributed by atoms with Crippen LogP contribution in [-0.4, -0.2) is 43.3 Å². The number of carbonyl (C=O) groups excluding carboxylic acids is 3. The molecule has 3 amide bonds. The van der Waals surface area contributed by atoms with Crippen LogP contribution in [0, 0.1) is 11.7 Å². The Balaban J connectivity index is 1.74. The van der Waals surface area contributed by atoms with Gasteiger partial charge in [-0.1, -0.05) is 23.7 Å². The van der Waals surface area contributed by atoms with Crippen molar-refractivity contribution in [1.29, 1.82) is 0 Å². The van der Waals surface area contributed by atoms with Crippen molar-refractivity contribution >= 4 is 40.7 Å². The maximum Gasteiger partial charge on any atom is 0.254 e. The van der Waals surface area contributed by atoms with Crippen LogP contribution in [0.1, 0.15) is 16.8 Å². The second-order valence-corrected chi connectivity index (χ2v) is 7.15. The summed E-state index contributed by atoms with van der Waals surface area (Å²) in [5.74, 6) is -2.12. The minimum Gasteiger partial charge on any atom is -0.345 e. The van der Waals surface area contributed by atoms with Gasteiger partial charge in [0.05, 0.1) is 22.2 Å². The highest BCUT2D eigenvalue weighted by molar-refractivity contribution is 6.34. The van der Waals surface area contributed by atoms with E-state index in [0.29, 0.717) is 5.69 Å². The van der Waals surface area contributed by atoms with E-state index in [0.717, 1.165) is 0 Å². The molecule has 2 aromatic rings. The zero-order chi connectivity index (χ0) is 20.4. The predicted molar refractivity (Wildman–Crippen MR) is 105 cm³/mol. The first-order valence-electron chi connectivity index (χ1n) is 8.65. The topological polar surface area (TPSA) is 69.7 Å². The average molecular weight is 404 g/mol. The summed E-state index contributed by atoms with van der Waals surface area (Å²) >= 11 is 6.07. The van der Waals surface area contributed by atoms with Gasteiger partial charge < -0.3 is 15.1 Å². The van der Waals surface area contributed by atoms with Crippen molar-refractivity contribution in [3.8, 4) is 0 Å². The lowest BCUT2D eigenvalue weighted by Crippen LogP contribution is -2.28. The lowest BCUT2D eigenvalue weighted by molar-refractivity contribution is -0.122. The van der Waals surface area contributed by atoms with Crippen molar-refractivity contribution in [3.05, 3.63) is 58.9 Å². The SMILES string of the molecule is CN(C)C(=O)c1cc(NC(=O)C2CC(=O)N(c3ccccc3F)C2)ccc1Cl. The Hall–Kier alpha value is -2.93. The van der Waals surface area contributed by atoms with Crippen LogP contribution in [0.25, 0.3) is 0 Å². The highest BCUT2D eigenvalue weighted by atomic mass is 35.5. The molecule has 1 atom stereocenters. The van der Waals surface area contributed by atoms with Crippen LogP contribution in [0.15, 0.2) is 42.5 Å². The first kappa shape index (κ1) is 19.8. The molecule has 146 valence electrons. The molecule has 2 aromatic carbocycles. The molecule has 6 nitrogen and oxygen atoms in total. The van der Waals surface area contributed by atoms with Crippen molar-refractivity contribution in [3.63, 3.8) is 0 Å². The summed E-state index contributed by atoms with van der Waals surface area (Å²) in [5, 5.41) is 2.99. The quantitative estimate of drug-likeness (QED) is 0.852. The van der Waals surface area contributed by atoms with Crippen molar-refractivity contribution in [2.24, 2.45) is 5.92 Å². The Labute approximate surface area is 166 Å². The maximum absolute atomic E-state index is 14.0. The second kappa shape index (κ2) is 7.98. The van der Waals surface area contributed by atoms with Gasteiger partial charge in [0.15, 0.2) is 0 Å². The molecular formula is C20H19ClFN3O3. The van der Waals surface area contributed by atoms with Crippen LogP contribution in [0.4, 0.5) is 15.8 Å². The Bertz CT molecular complexity index is 948. The fourth-order valence-corrected chi connectivity index (χ4v) is 3.24. The second-order valence-electron chi connectivity index (χ2n) is 6.74. The number of nitrogens with one attached hydrogen (secondary N) is 1. The number of benzene rings is 2. The highest BCUT2D eigenvalue weighted by Crippen LogP contribution is 2.28. The van der Waals surface area contributed by atoms with Gasteiger partial charge in [0, 0.05) is 32.7 Å². The zero-order valence-corrected chi connectivity index (χ0v) is 16.2. The Kier molecular flexibility index (Phi) is 5.65. The number of hydrogen-bond acceptors (Lipinski definition) is 3. The van der Waals surface area contributed by atoms with E-state index in [9.17, 15) is 18.8 Å². The smallest absolute Gasteiger partial charge is 0.254 e. The van der Waals surface area contributed by atoms with Crippen molar-refractivity contribution in [2.75, 3.05) is 30.9 Å². The molecule has 0 aromatic heterocycles.